The summed E-state index contributed by atoms with van der Waals surface area (Å²) in [6.45, 7) is 1.30. The van der Waals surface area contributed by atoms with Gasteiger partial charge in [0.15, 0.2) is 0 Å². The highest BCUT2D eigenvalue weighted by Gasteiger charge is 1.97. The van der Waals surface area contributed by atoms with Crippen molar-refractivity contribution in [1.82, 2.24) is 9.78 Å². The van der Waals surface area contributed by atoms with Crippen LogP contribution in [0.2, 0.25) is 0 Å². The lowest BCUT2D eigenvalue weighted by Crippen LogP contribution is -2.11. The molecule has 0 radical (unpaired) electrons. The number of methoxy groups -OCH3 is 1. The highest BCUT2D eigenvalue weighted by atomic mass is 16.5. The summed E-state index contributed by atoms with van der Waals surface area (Å²) in [5.41, 5.74) is 0. The fraction of sp³-hybridized carbons (Fsp3) is 0.308. The van der Waals surface area contributed by atoms with Crippen LogP contribution in [0.4, 0.5) is 5.82 Å². The molecule has 2 rings (SSSR count). The minimum Gasteiger partial charge on any atom is -0.497 e. The Kier molecular flexibility index (Phi) is 4.06. The number of hydrogen-bond acceptors (Lipinski definition) is 4. The SMILES string of the molecule is COc1ccc(OCCNc2ccn(C)n2)cc1. The fourth-order valence-corrected chi connectivity index (χ4v) is 1.53. The van der Waals surface area contributed by atoms with Crippen molar-refractivity contribution in [2.45, 2.75) is 0 Å². The molecule has 0 unspecified atom stereocenters. The number of benzene rings is 1. The van der Waals surface area contributed by atoms with Crippen molar-refractivity contribution in [2.75, 3.05) is 25.6 Å². The normalized spacial score (nSPS) is 10.1. The second kappa shape index (κ2) is 5.95. The number of nitrogens with one attached hydrogen (secondary N) is 1. The van der Waals surface area contributed by atoms with Gasteiger partial charge in [-0.15, -0.1) is 0 Å². The molecule has 0 amide bonds. The maximum absolute atomic E-state index is 5.58. The molecule has 1 heterocycles. The average molecular weight is 247 g/mol. The third-order valence-corrected chi connectivity index (χ3v) is 2.45. The third kappa shape index (κ3) is 3.41. The second-order valence-electron chi connectivity index (χ2n) is 3.83. The molecule has 1 aromatic carbocycles. The summed E-state index contributed by atoms with van der Waals surface area (Å²) in [4.78, 5) is 0. The zero-order valence-corrected chi connectivity index (χ0v) is 10.6. The van der Waals surface area contributed by atoms with Crippen molar-refractivity contribution in [1.29, 1.82) is 0 Å². The zero-order chi connectivity index (χ0) is 12.8. The number of nitrogens with zero attached hydrogens (tertiary/aromatic N) is 2. The third-order valence-electron chi connectivity index (χ3n) is 2.45. The molecule has 0 saturated heterocycles. The van der Waals surface area contributed by atoms with Crippen LogP contribution in [0.25, 0.3) is 0 Å². The predicted octanol–water partition coefficient (Wildman–Crippen LogP) is 1.92. The van der Waals surface area contributed by atoms with Gasteiger partial charge in [0.2, 0.25) is 0 Å². The van der Waals surface area contributed by atoms with E-state index in [1.165, 1.54) is 0 Å². The minimum atomic E-state index is 0.586. The monoisotopic (exact) mass is 247 g/mol. The molecule has 5 heteroatoms. The van der Waals surface area contributed by atoms with E-state index in [4.69, 9.17) is 9.47 Å². The lowest BCUT2D eigenvalue weighted by molar-refractivity contribution is 0.331. The van der Waals surface area contributed by atoms with Gasteiger partial charge >= 0.3 is 0 Å². The Balaban J connectivity index is 1.71. The Morgan fingerprint density at radius 3 is 2.50 bits per heavy atom. The first kappa shape index (κ1) is 12.3. The maximum atomic E-state index is 5.58. The molecule has 0 aliphatic carbocycles. The standard InChI is InChI=1S/C13H17N3O2/c1-16-9-7-13(15-16)14-8-10-18-12-5-3-11(17-2)4-6-12/h3-7,9H,8,10H2,1-2H3,(H,14,15). The molecule has 0 atom stereocenters. The van der Waals surface area contributed by atoms with Crippen LogP contribution in [0.3, 0.4) is 0 Å². The van der Waals surface area contributed by atoms with E-state index in [0.29, 0.717) is 13.2 Å². The lowest BCUT2D eigenvalue weighted by atomic mass is 10.3. The molecule has 0 aliphatic rings. The fourth-order valence-electron chi connectivity index (χ4n) is 1.53. The van der Waals surface area contributed by atoms with Crippen molar-refractivity contribution < 1.29 is 9.47 Å². The van der Waals surface area contributed by atoms with Crippen LogP contribution in [0.15, 0.2) is 36.5 Å². The Bertz CT molecular complexity index is 479. The summed E-state index contributed by atoms with van der Waals surface area (Å²) in [7, 11) is 3.53. The first-order valence-corrected chi connectivity index (χ1v) is 5.78. The van der Waals surface area contributed by atoms with Crippen LogP contribution < -0.4 is 14.8 Å². The Labute approximate surface area is 106 Å². The number of aryl methyl sites for hydroxylation is 1. The van der Waals surface area contributed by atoms with Crippen molar-refractivity contribution in [3.8, 4) is 11.5 Å². The van der Waals surface area contributed by atoms with Gasteiger partial charge in [0.05, 0.1) is 13.7 Å². The Morgan fingerprint density at radius 2 is 1.89 bits per heavy atom. The second-order valence-corrected chi connectivity index (χ2v) is 3.83. The van der Waals surface area contributed by atoms with E-state index >= 15 is 0 Å². The summed E-state index contributed by atoms with van der Waals surface area (Å²) >= 11 is 0. The van der Waals surface area contributed by atoms with E-state index in [1.54, 1.807) is 11.8 Å². The Morgan fingerprint density at radius 1 is 1.17 bits per heavy atom. The highest BCUT2D eigenvalue weighted by Crippen LogP contribution is 2.16. The van der Waals surface area contributed by atoms with Gasteiger partial charge in [-0.2, -0.15) is 5.10 Å². The summed E-state index contributed by atoms with van der Waals surface area (Å²) < 4.78 is 12.4. The van der Waals surface area contributed by atoms with Crippen LogP contribution in [-0.2, 0) is 7.05 Å². The van der Waals surface area contributed by atoms with E-state index in [2.05, 4.69) is 10.4 Å². The molecule has 0 aliphatic heterocycles. The minimum absolute atomic E-state index is 0.586. The van der Waals surface area contributed by atoms with E-state index in [1.807, 2.05) is 43.6 Å². The highest BCUT2D eigenvalue weighted by molar-refractivity contribution is 5.32. The molecule has 0 saturated carbocycles. The summed E-state index contributed by atoms with van der Waals surface area (Å²) in [5, 5.41) is 7.39. The van der Waals surface area contributed by atoms with Gasteiger partial charge in [-0.3, -0.25) is 4.68 Å². The van der Waals surface area contributed by atoms with Gasteiger partial charge < -0.3 is 14.8 Å². The predicted molar refractivity (Wildman–Crippen MR) is 70.2 cm³/mol. The van der Waals surface area contributed by atoms with E-state index in [-0.39, 0.29) is 0 Å². The first-order valence-electron chi connectivity index (χ1n) is 5.78. The molecule has 0 spiro atoms. The lowest BCUT2D eigenvalue weighted by Gasteiger charge is -2.07. The maximum Gasteiger partial charge on any atom is 0.148 e. The van der Waals surface area contributed by atoms with E-state index < -0.39 is 0 Å². The topological polar surface area (TPSA) is 48.3 Å². The van der Waals surface area contributed by atoms with E-state index in [0.717, 1.165) is 17.3 Å². The zero-order valence-electron chi connectivity index (χ0n) is 10.6. The van der Waals surface area contributed by atoms with Gasteiger partial charge in [0, 0.05) is 19.3 Å². The van der Waals surface area contributed by atoms with Gasteiger partial charge in [-0.05, 0) is 24.3 Å². The smallest absolute Gasteiger partial charge is 0.148 e. The van der Waals surface area contributed by atoms with Crippen molar-refractivity contribution in [3.63, 3.8) is 0 Å². The van der Waals surface area contributed by atoms with Gasteiger partial charge in [0.1, 0.15) is 23.9 Å². The van der Waals surface area contributed by atoms with Crippen LogP contribution in [0, 0.1) is 0 Å². The van der Waals surface area contributed by atoms with Gasteiger partial charge in [0.25, 0.3) is 0 Å². The number of anilines is 1. The summed E-state index contributed by atoms with van der Waals surface area (Å²) in [6, 6.07) is 9.45. The molecule has 18 heavy (non-hydrogen) atoms. The molecule has 0 bridgehead atoms. The molecular formula is C13H17N3O2. The van der Waals surface area contributed by atoms with Crippen LogP contribution in [0.1, 0.15) is 0 Å². The number of aromatic nitrogens is 2. The Hall–Kier alpha value is -2.17. The number of hydrogen-bond donors (Lipinski definition) is 1. The molecule has 5 nitrogen and oxygen atoms in total. The molecular weight excluding hydrogens is 230 g/mol. The van der Waals surface area contributed by atoms with Gasteiger partial charge in [-0.1, -0.05) is 0 Å². The summed E-state index contributed by atoms with van der Waals surface area (Å²) in [5.74, 6) is 2.52. The van der Waals surface area contributed by atoms with Crippen LogP contribution >= 0.6 is 0 Å². The number of ether oxygens (including phenoxy) is 2. The molecule has 1 aromatic heterocycles. The quantitative estimate of drug-likeness (QED) is 0.792. The largest absolute Gasteiger partial charge is 0.497 e. The van der Waals surface area contributed by atoms with Crippen LogP contribution in [-0.4, -0.2) is 30.0 Å². The van der Waals surface area contributed by atoms with E-state index in [9.17, 15) is 0 Å². The molecule has 96 valence electrons. The molecule has 1 N–H and O–H groups in total. The average Bonchev–Trinajstić information content (AvgIpc) is 2.81. The van der Waals surface area contributed by atoms with Crippen LogP contribution in [0.5, 0.6) is 11.5 Å². The van der Waals surface area contributed by atoms with Crippen molar-refractivity contribution in [2.24, 2.45) is 7.05 Å². The van der Waals surface area contributed by atoms with Crippen molar-refractivity contribution in [3.05, 3.63) is 36.5 Å². The van der Waals surface area contributed by atoms with Crippen molar-refractivity contribution >= 4 is 5.82 Å². The number of rotatable bonds is 6. The molecule has 2 aromatic rings. The molecule has 0 fully saturated rings. The first-order chi connectivity index (χ1) is 8.78. The van der Waals surface area contributed by atoms with Gasteiger partial charge in [-0.25, -0.2) is 0 Å². The summed E-state index contributed by atoms with van der Waals surface area (Å²) in [6.07, 6.45) is 1.90.